The first-order valence-corrected chi connectivity index (χ1v) is 6.51. The van der Waals surface area contributed by atoms with Gasteiger partial charge < -0.3 is 10.4 Å². The SMILES string of the molecule is Cc1ccc(F)cc1NC(=O)CN1CCCC(O)C1. The van der Waals surface area contributed by atoms with E-state index >= 15 is 0 Å². The molecule has 0 saturated carbocycles. The number of hydrogen-bond acceptors (Lipinski definition) is 3. The van der Waals surface area contributed by atoms with E-state index in [4.69, 9.17) is 0 Å². The molecular weight excluding hydrogens is 247 g/mol. The molecule has 0 aliphatic carbocycles. The average molecular weight is 266 g/mol. The van der Waals surface area contributed by atoms with Gasteiger partial charge in [-0.05, 0) is 44.0 Å². The second kappa shape index (κ2) is 6.12. The fourth-order valence-electron chi connectivity index (χ4n) is 2.30. The van der Waals surface area contributed by atoms with Crippen LogP contribution in [0, 0.1) is 12.7 Å². The number of aliphatic hydroxyl groups excluding tert-OH is 1. The van der Waals surface area contributed by atoms with E-state index in [-0.39, 0.29) is 24.4 Å². The second-order valence-corrected chi connectivity index (χ2v) is 5.04. The predicted octanol–water partition coefficient (Wildman–Crippen LogP) is 1.53. The molecule has 4 nitrogen and oxygen atoms in total. The second-order valence-electron chi connectivity index (χ2n) is 5.04. The summed E-state index contributed by atoms with van der Waals surface area (Å²) in [6.07, 6.45) is 1.34. The maximum Gasteiger partial charge on any atom is 0.238 e. The van der Waals surface area contributed by atoms with Crippen molar-refractivity contribution in [2.45, 2.75) is 25.9 Å². The lowest BCUT2D eigenvalue weighted by Gasteiger charge is -2.29. The van der Waals surface area contributed by atoms with Crippen LogP contribution in [-0.2, 0) is 4.79 Å². The topological polar surface area (TPSA) is 52.6 Å². The van der Waals surface area contributed by atoms with Gasteiger partial charge in [0.25, 0.3) is 0 Å². The molecule has 19 heavy (non-hydrogen) atoms. The van der Waals surface area contributed by atoms with Gasteiger partial charge in [0.2, 0.25) is 5.91 Å². The number of aliphatic hydroxyl groups is 1. The van der Waals surface area contributed by atoms with E-state index in [1.807, 2.05) is 11.8 Å². The normalized spacial score (nSPS) is 20.3. The number of piperidine rings is 1. The molecule has 1 atom stereocenters. The maximum absolute atomic E-state index is 13.1. The number of hydrogen-bond donors (Lipinski definition) is 2. The van der Waals surface area contributed by atoms with Gasteiger partial charge in [0, 0.05) is 12.2 Å². The molecule has 1 aromatic rings. The van der Waals surface area contributed by atoms with Crippen molar-refractivity contribution in [1.29, 1.82) is 0 Å². The largest absolute Gasteiger partial charge is 0.392 e. The van der Waals surface area contributed by atoms with Gasteiger partial charge in [0.1, 0.15) is 5.82 Å². The zero-order valence-corrected chi connectivity index (χ0v) is 11.0. The summed E-state index contributed by atoms with van der Waals surface area (Å²) in [5.41, 5.74) is 1.33. The molecular formula is C14H19FN2O2. The zero-order valence-electron chi connectivity index (χ0n) is 11.0. The standard InChI is InChI=1S/C14H19FN2O2/c1-10-4-5-11(15)7-13(10)16-14(19)9-17-6-2-3-12(18)8-17/h4-5,7,12,18H,2-3,6,8-9H2,1H3,(H,16,19). The molecule has 1 unspecified atom stereocenters. The first kappa shape index (κ1) is 14.0. The van der Waals surface area contributed by atoms with Gasteiger partial charge in [-0.25, -0.2) is 4.39 Å². The lowest BCUT2D eigenvalue weighted by atomic mass is 10.1. The third-order valence-corrected chi connectivity index (χ3v) is 3.32. The number of β-amino-alcohol motifs (C(OH)–C–C–N with tert-alkyl or cyclic N) is 1. The molecule has 1 saturated heterocycles. The van der Waals surface area contributed by atoms with Gasteiger partial charge in [0.15, 0.2) is 0 Å². The van der Waals surface area contributed by atoms with Crippen LogP contribution in [0.1, 0.15) is 18.4 Å². The molecule has 2 N–H and O–H groups in total. The molecule has 0 aromatic heterocycles. The fraction of sp³-hybridized carbons (Fsp3) is 0.500. The Morgan fingerprint density at radius 3 is 3.11 bits per heavy atom. The number of amides is 1. The first-order chi connectivity index (χ1) is 9.04. The minimum Gasteiger partial charge on any atom is -0.392 e. The van der Waals surface area contributed by atoms with Crippen LogP contribution in [0.5, 0.6) is 0 Å². The van der Waals surface area contributed by atoms with Crippen LogP contribution in [0.4, 0.5) is 10.1 Å². The van der Waals surface area contributed by atoms with E-state index in [1.54, 1.807) is 6.07 Å². The Bertz CT molecular complexity index is 465. The minimum absolute atomic E-state index is 0.178. The number of carbonyl (C=O) groups excluding carboxylic acids is 1. The average Bonchev–Trinajstić information content (AvgIpc) is 2.34. The van der Waals surface area contributed by atoms with Crippen molar-refractivity contribution in [2.24, 2.45) is 0 Å². The van der Waals surface area contributed by atoms with Crippen LogP contribution in [0.3, 0.4) is 0 Å². The number of aryl methyl sites for hydroxylation is 1. The third-order valence-electron chi connectivity index (χ3n) is 3.32. The Kier molecular flexibility index (Phi) is 4.50. The number of benzene rings is 1. The van der Waals surface area contributed by atoms with Crippen molar-refractivity contribution < 1.29 is 14.3 Å². The molecule has 104 valence electrons. The van der Waals surface area contributed by atoms with Crippen molar-refractivity contribution in [3.8, 4) is 0 Å². The van der Waals surface area contributed by atoms with E-state index in [2.05, 4.69) is 5.32 Å². The number of rotatable bonds is 3. The number of halogens is 1. The van der Waals surface area contributed by atoms with E-state index in [0.717, 1.165) is 24.9 Å². The highest BCUT2D eigenvalue weighted by Gasteiger charge is 2.19. The Morgan fingerprint density at radius 2 is 2.37 bits per heavy atom. The molecule has 0 spiro atoms. The summed E-state index contributed by atoms with van der Waals surface area (Å²) in [6.45, 7) is 3.38. The van der Waals surface area contributed by atoms with E-state index in [9.17, 15) is 14.3 Å². The molecule has 0 bridgehead atoms. The van der Waals surface area contributed by atoms with E-state index in [0.29, 0.717) is 12.2 Å². The Labute approximate surface area is 112 Å². The van der Waals surface area contributed by atoms with Gasteiger partial charge in [0.05, 0.1) is 12.6 Å². The lowest BCUT2D eigenvalue weighted by molar-refractivity contribution is -0.118. The number of anilines is 1. The molecule has 0 radical (unpaired) electrons. The highest BCUT2D eigenvalue weighted by Crippen LogP contribution is 2.16. The van der Waals surface area contributed by atoms with Crippen LogP contribution in [0.2, 0.25) is 0 Å². The summed E-state index contributed by atoms with van der Waals surface area (Å²) < 4.78 is 13.1. The van der Waals surface area contributed by atoms with Crippen LogP contribution < -0.4 is 5.32 Å². The van der Waals surface area contributed by atoms with E-state index in [1.165, 1.54) is 12.1 Å². The van der Waals surface area contributed by atoms with Crippen molar-refractivity contribution >= 4 is 11.6 Å². The summed E-state index contributed by atoms with van der Waals surface area (Å²) in [6, 6.07) is 4.32. The highest BCUT2D eigenvalue weighted by molar-refractivity contribution is 5.92. The van der Waals surface area contributed by atoms with Crippen LogP contribution in [0.15, 0.2) is 18.2 Å². The van der Waals surface area contributed by atoms with Gasteiger partial charge in [-0.3, -0.25) is 9.69 Å². The van der Waals surface area contributed by atoms with E-state index < -0.39 is 0 Å². The van der Waals surface area contributed by atoms with Gasteiger partial charge >= 0.3 is 0 Å². The van der Waals surface area contributed by atoms with Crippen molar-refractivity contribution in [1.82, 2.24) is 4.90 Å². The molecule has 1 heterocycles. The molecule has 1 aliphatic rings. The zero-order chi connectivity index (χ0) is 13.8. The van der Waals surface area contributed by atoms with Gasteiger partial charge in [-0.1, -0.05) is 6.07 Å². The van der Waals surface area contributed by atoms with Crippen molar-refractivity contribution in [2.75, 3.05) is 25.0 Å². The fourth-order valence-corrected chi connectivity index (χ4v) is 2.30. The number of likely N-dealkylation sites (tertiary alicyclic amines) is 1. The number of nitrogens with one attached hydrogen (secondary N) is 1. The molecule has 1 fully saturated rings. The third kappa shape index (κ3) is 4.01. The van der Waals surface area contributed by atoms with Crippen LogP contribution in [-0.4, -0.2) is 41.7 Å². The van der Waals surface area contributed by atoms with Gasteiger partial charge in [-0.15, -0.1) is 0 Å². The predicted molar refractivity (Wildman–Crippen MR) is 71.4 cm³/mol. The summed E-state index contributed by atoms with van der Waals surface area (Å²) in [7, 11) is 0. The lowest BCUT2D eigenvalue weighted by Crippen LogP contribution is -2.42. The minimum atomic E-state index is -0.366. The van der Waals surface area contributed by atoms with Crippen molar-refractivity contribution in [3.63, 3.8) is 0 Å². The van der Waals surface area contributed by atoms with Gasteiger partial charge in [-0.2, -0.15) is 0 Å². The summed E-state index contributed by atoms with van der Waals surface area (Å²) in [4.78, 5) is 13.8. The Hall–Kier alpha value is -1.46. The Balaban J connectivity index is 1.92. The monoisotopic (exact) mass is 266 g/mol. The molecule has 2 rings (SSSR count). The highest BCUT2D eigenvalue weighted by atomic mass is 19.1. The number of nitrogens with zero attached hydrogens (tertiary/aromatic N) is 1. The molecule has 1 amide bonds. The molecule has 1 aromatic carbocycles. The van der Waals surface area contributed by atoms with Crippen molar-refractivity contribution in [3.05, 3.63) is 29.6 Å². The summed E-state index contributed by atoms with van der Waals surface area (Å²) >= 11 is 0. The smallest absolute Gasteiger partial charge is 0.238 e. The number of carbonyl (C=O) groups is 1. The van der Waals surface area contributed by atoms with Crippen LogP contribution >= 0.6 is 0 Å². The molecule has 1 aliphatic heterocycles. The summed E-state index contributed by atoms with van der Waals surface area (Å²) in [5, 5.41) is 12.3. The first-order valence-electron chi connectivity index (χ1n) is 6.51. The van der Waals surface area contributed by atoms with Crippen LogP contribution in [0.25, 0.3) is 0 Å². The Morgan fingerprint density at radius 1 is 1.58 bits per heavy atom. The summed E-state index contributed by atoms with van der Waals surface area (Å²) in [5.74, 6) is -0.544. The quantitative estimate of drug-likeness (QED) is 0.872. The molecule has 5 heteroatoms. The maximum atomic E-state index is 13.1.